The SMILES string of the molecule is CN(C)C(c1ccc(Br)s1)C1CCNCC1. The van der Waals surface area contributed by atoms with Gasteiger partial charge in [0.15, 0.2) is 0 Å². The maximum Gasteiger partial charge on any atom is 0.0701 e. The molecule has 1 atom stereocenters. The minimum atomic E-state index is 0.582. The second kappa shape index (κ2) is 5.63. The van der Waals surface area contributed by atoms with Gasteiger partial charge in [-0.15, -0.1) is 11.3 Å². The molecule has 2 rings (SSSR count). The third-order valence-electron chi connectivity index (χ3n) is 3.27. The fraction of sp³-hybridized carbons (Fsp3) is 0.667. The predicted molar refractivity (Wildman–Crippen MR) is 74.0 cm³/mol. The first-order valence-corrected chi connectivity index (χ1v) is 7.42. The summed E-state index contributed by atoms with van der Waals surface area (Å²) in [6, 6.07) is 5.01. The molecule has 0 spiro atoms. The summed E-state index contributed by atoms with van der Waals surface area (Å²) in [5.41, 5.74) is 0. The normalized spacial score (nSPS) is 20.2. The maximum absolute atomic E-state index is 3.56. The Hall–Kier alpha value is 0.1000. The summed E-state index contributed by atoms with van der Waals surface area (Å²) < 4.78 is 1.24. The zero-order valence-corrected chi connectivity index (χ0v) is 12.3. The molecule has 0 saturated carbocycles. The molecular formula is C12H19BrN2S. The molecule has 0 aliphatic carbocycles. The van der Waals surface area contributed by atoms with Gasteiger partial charge in [0.05, 0.1) is 3.79 Å². The standard InChI is InChI=1S/C12H19BrN2S/c1-15(2)12(9-5-7-14-8-6-9)10-3-4-11(13)16-10/h3-4,9,12,14H,5-8H2,1-2H3. The monoisotopic (exact) mass is 302 g/mol. The van der Waals surface area contributed by atoms with Gasteiger partial charge >= 0.3 is 0 Å². The lowest BCUT2D eigenvalue weighted by Crippen LogP contribution is -2.35. The summed E-state index contributed by atoms with van der Waals surface area (Å²) in [5, 5.41) is 3.44. The van der Waals surface area contributed by atoms with Crippen molar-refractivity contribution in [2.45, 2.75) is 18.9 Å². The second-order valence-electron chi connectivity index (χ2n) is 4.64. The van der Waals surface area contributed by atoms with E-state index in [1.54, 1.807) is 0 Å². The molecule has 90 valence electrons. The van der Waals surface area contributed by atoms with Crippen molar-refractivity contribution in [3.05, 3.63) is 20.8 Å². The molecule has 4 heteroatoms. The summed E-state index contributed by atoms with van der Waals surface area (Å²) in [5.74, 6) is 0.793. The van der Waals surface area contributed by atoms with Crippen molar-refractivity contribution >= 4 is 27.3 Å². The second-order valence-corrected chi connectivity index (χ2v) is 7.13. The number of nitrogens with one attached hydrogen (secondary N) is 1. The molecule has 0 radical (unpaired) electrons. The van der Waals surface area contributed by atoms with Crippen LogP contribution in [0, 0.1) is 5.92 Å². The number of hydrogen-bond acceptors (Lipinski definition) is 3. The van der Waals surface area contributed by atoms with E-state index in [0.717, 1.165) is 5.92 Å². The van der Waals surface area contributed by atoms with E-state index in [2.05, 4.69) is 52.4 Å². The van der Waals surface area contributed by atoms with Crippen molar-refractivity contribution in [3.63, 3.8) is 0 Å². The summed E-state index contributed by atoms with van der Waals surface area (Å²) in [6.07, 6.45) is 2.58. The number of rotatable bonds is 3. The van der Waals surface area contributed by atoms with E-state index < -0.39 is 0 Å². The van der Waals surface area contributed by atoms with Crippen molar-refractivity contribution < 1.29 is 0 Å². The van der Waals surface area contributed by atoms with E-state index in [-0.39, 0.29) is 0 Å². The third kappa shape index (κ3) is 2.86. The van der Waals surface area contributed by atoms with Gasteiger partial charge in [0, 0.05) is 10.9 Å². The quantitative estimate of drug-likeness (QED) is 0.923. The minimum Gasteiger partial charge on any atom is -0.317 e. The van der Waals surface area contributed by atoms with E-state index in [0.29, 0.717) is 6.04 Å². The molecule has 1 unspecified atom stereocenters. The maximum atomic E-state index is 3.56. The van der Waals surface area contributed by atoms with Gasteiger partial charge in [0.2, 0.25) is 0 Å². The van der Waals surface area contributed by atoms with Crippen molar-refractivity contribution in [3.8, 4) is 0 Å². The van der Waals surface area contributed by atoms with Crippen LogP contribution in [0.1, 0.15) is 23.8 Å². The van der Waals surface area contributed by atoms with Crippen LogP contribution in [0.3, 0.4) is 0 Å². The first kappa shape index (κ1) is 12.6. The number of hydrogen-bond donors (Lipinski definition) is 1. The van der Waals surface area contributed by atoms with Gasteiger partial charge in [0.1, 0.15) is 0 Å². The molecule has 1 aromatic rings. The first-order chi connectivity index (χ1) is 7.68. The highest BCUT2D eigenvalue weighted by Crippen LogP contribution is 2.37. The Morgan fingerprint density at radius 1 is 1.38 bits per heavy atom. The third-order valence-corrected chi connectivity index (χ3v) is 4.97. The van der Waals surface area contributed by atoms with Gasteiger partial charge in [-0.3, -0.25) is 0 Å². The molecule has 1 aliphatic heterocycles. The van der Waals surface area contributed by atoms with Crippen molar-refractivity contribution in [2.24, 2.45) is 5.92 Å². The molecule has 1 aromatic heterocycles. The van der Waals surface area contributed by atoms with Crippen molar-refractivity contribution in [1.29, 1.82) is 0 Å². The van der Waals surface area contributed by atoms with E-state index >= 15 is 0 Å². The molecule has 0 amide bonds. The topological polar surface area (TPSA) is 15.3 Å². The van der Waals surface area contributed by atoms with Crippen LogP contribution < -0.4 is 5.32 Å². The lowest BCUT2D eigenvalue weighted by Gasteiger charge is -2.34. The summed E-state index contributed by atoms with van der Waals surface area (Å²) in [6.45, 7) is 2.34. The van der Waals surface area contributed by atoms with Gasteiger partial charge in [-0.25, -0.2) is 0 Å². The van der Waals surface area contributed by atoms with Crippen molar-refractivity contribution in [2.75, 3.05) is 27.2 Å². The molecule has 1 saturated heterocycles. The Morgan fingerprint density at radius 3 is 2.56 bits per heavy atom. The number of thiophene rings is 1. The highest BCUT2D eigenvalue weighted by molar-refractivity contribution is 9.11. The van der Waals surface area contributed by atoms with E-state index in [4.69, 9.17) is 0 Å². The predicted octanol–water partition coefficient (Wildman–Crippen LogP) is 3.11. The number of piperidine rings is 1. The molecule has 16 heavy (non-hydrogen) atoms. The van der Waals surface area contributed by atoms with Crippen LogP contribution in [0.2, 0.25) is 0 Å². The molecule has 1 fully saturated rings. The Kier molecular flexibility index (Phi) is 4.41. The van der Waals surface area contributed by atoms with E-state index in [9.17, 15) is 0 Å². The molecule has 1 aliphatic rings. The van der Waals surface area contributed by atoms with Gasteiger partial charge in [-0.2, -0.15) is 0 Å². The molecular weight excluding hydrogens is 284 g/mol. The van der Waals surface area contributed by atoms with Crippen LogP contribution in [0.15, 0.2) is 15.9 Å². The van der Waals surface area contributed by atoms with E-state index in [1.165, 1.54) is 34.6 Å². The van der Waals surface area contributed by atoms with Crippen LogP contribution >= 0.6 is 27.3 Å². The molecule has 2 heterocycles. The van der Waals surface area contributed by atoms with Crippen LogP contribution in [-0.4, -0.2) is 32.1 Å². The first-order valence-electron chi connectivity index (χ1n) is 5.81. The fourth-order valence-corrected chi connectivity index (χ4v) is 4.27. The lowest BCUT2D eigenvalue weighted by molar-refractivity contribution is 0.181. The summed E-state index contributed by atoms with van der Waals surface area (Å²) in [4.78, 5) is 3.86. The van der Waals surface area contributed by atoms with Gasteiger partial charge in [0.25, 0.3) is 0 Å². The number of halogens is 1. The molecule has 0 aromatic carbocycles. The zero-order valence-electron chi connectivity index (χ0n) is 9.87. The Morgan fingerprint density at radius 2 is 2.06 bits per heavy atom. The highest BCUT2D eigenvalue weighted by Gasteiger charge is 2.27. The van der Waals surface area contributed by atoms with Gasteiger partial charge in [-0.1, -0.05) is 0 Å². The average molecular weight is 303 g/mol. The smallest absolute Gasteiger partial charge is 0.0701 e. The minimum absolute atomic E-state index is 0.582. The molecule has 2 nitrogen and oxygen atoms in total. The van der Waals surface area contributed by atoms with Gasteiger partial charge < -0.3 is 10.2 Å². The molecule has 0 bridgehead atoms. The Balaban J connectivity index is 2.16. The van der Waals surface area contributed by atoms with Crippen LogP contribution in [0.4, 0.5) is 0 Å². The van der Waals surface area contributed by atoms with Crippen molar-refractivity contribution in [1.82, 2.24) is 10.2 Å². The van der Waals surface area contributed by atoms with Gasteiger partial charge in [-0.05, 0) is 74.0 Å². The number of nitrogens with zero attached hydrogens (tertiary/aromatic N) is 1. The highest BCUT2D eigenvalue weighted by atomic mass is 79.9. The molecule has 1 N–H and O–H groups in total. The van der Waals surface area contributed by atoms with E-state index in [1.807, 2.05) is 11.3 Å². The van der Waals surface area contributed by atoms with Crippen LogP contribution in [-0.2, 0) is 0 Å². The Labute approximate surface area is 110 Å². The Bertz CT molecular complexity index is 332. The lowest BCUT2D eigenvalue weighted by atomic mass is 9.88. The van der Waals surface area contributed by atoms with Crippen LogP contribution in [0.5, 0.6) is 0 Å². The zero-order chi connectivity index (χ0) is 11.5. The average Bonchev–Trinajstić information content (AvgIpc) is 2.66. The summed E-state index contributed by atoms with van der Waals surface area (Å²) in [7, 11) is 4.39. The van der Waals surface area contributed by atoms with Crippen LogP contribution in [0.25, 0.3) is 0 Å². The fourth-order valence-electron chi connectivity index (χ4n) is 2.56. The largest absolute Gasteiger partial charge is 0.317 e. The summed E-state index contributed by atoms with van der Waals surface area (Å²) >= 11 is 5.43.